The van der Waals surface area contributed by atoms with E-state index < -0.39 is 18.5 Å². The van der Waals surface area contributed by atoms with E-state index in [1.54, 1.807) is 6.08 Å². The molecular formula is C14H14N2O5S2. The second-order valence-corrected chi connectivity index (χ2v) is 6.15. The quantitative estimate of drug-likeness (QED) is 0.583. The number of esters is 1. The summed E-state index contributed by atoms with van der Waals surface area (Å²) in [5.74, 6) is -1.23. The van der Waals surface area contributed by atoms with Crippen molar-refractivity contribution in [2.75, 3.05) is 25.4 Å². The Labute approximate surface area is 140 Å². The van der Waals surface area contributed by atoms with Crippen LogP contribution >= 0.6 is 23.1 Å². The number of carbonyl (C=O) groups is 4. The molecule has 0 spiro atoms. The van der Waals surface area contributed by atoms with E-state index in [9.17, 15) is 19.2 Å². The van der Waals surface area contributed by atoms with Crippen molar-refractivity contribution in [3.05, 3.63) is 28.5 Å². The molecule has 0 aliphatic carbocycles. The fourth-order valence-electron chi connectivity index (χ4n) is 1.67. The summed E-state index contributed by atoms with van der Waals surface area (Å²) in [5.41, 5.74) is 0.884. The van der Waals surface area contributed by atoms with Gasteiger partial charge in [0.25, 0.3) is 11.1 Å². The minimum Gasteiger partial charge on any atom is -0.452 e. The van der Waals surface area contributed by atoms with Crippen molar-refractivity contribution in [3.63, 3.8) is 0 Å². The SMILES string of the molecule is O=C(COC(=O)/C=C/c1ccsc1)NCCN1C(=O)CSC1=O. The van der Waals surface area contributed by atoms with E-state index in [0.29, 0.717) is 0 Å². The first-order chi connectivity index (χ1) is 11.1. The largest absolute Gasteiger partial charge is 0.452 e. The molecule has 1 aromatic heterocycles. The summed E-state index contributed by atoms with van der Waals surface area (Å²) in [6, 6.07) is 1.85. The highest BCUT2D eigenvalue weighted by molar-refractivity contribution is 8.14. The Morgan fingerprint density at radius 3 is 2.87 bits per heavy atom. The van der Waals surface area contributed by atoms with Gasteiger partial charge in [-0.3, -0.25) is 19.3 Å². The second kappa shape index (κ2) is 8.49. The summed E-state index contributed by atoms with van der Waals surface area (Å²) in [6.45, 7) is -0.176. The van der Waals surface area contributed by atoms with Gasteiger partial charge in [0.05, 0.1) is 5.75 Å². The van der Waals surface area contributed by atoms with Crippen LogP contribution in [-0.4, -0.2) is 53.4 Å². The van der Waals surface area contributed by atoms with Gasteiger partial charge in [-0.15, -0.1) is 0 Å². The van der Waals surface area contributed by atoms with Gasteiger partial charge in [-0.25, -0.2) is 4.79 Å². The lowest BCUT2D eigenvalue weighted by atomic mass is 10.3. The number of thiophene rings is 1. The van der Waals surface area contributed by atoms with E-state index in [2.05, 4.69) is 5.32 Å². The number of thioether (sulfide) groups is 1. The molecule has 2 heterocycles. The molecule has 0 atom stereocenters. The fraction of sp³-hybridized carbons (Fsp3) is 0.286. The molecule has 7 nitrogen and oxygen atoms in total. The molecule has 1 fully saturated rings. The third-order valence-corrected chi connectivity index (χ3v) is 4.36. The standard InChI is InChI=1S/C14H14N2O5S2/c17-11(15-4-5-16-12(18)9-23-14(16)20)7-21-13(19)2-1-10-3-6-22-8-10/h1-3,6,8H,4-5,7,9H2,(H,15,17)/b2-1+. The maximum atomic E-state index is 11.5. The Morgan fingerprint density at radius 2 is 2.22 bits per heavy atom. The van der Waals surface area contributed by atoms with Crippen molar-refractivity contribution in [3.8, 4) is 0 Å². The number of amides is 3. The number of nitrogens with zero attached hydrogens (tertiary/aromatic N) is 1. The lowest BCUT2D eigenvalue weighted by Gasteiger charge is -2.12. The molecule has 1 aromatic rings. The topological polar surface area (TPSA) is 92.8 Å². The molecule has 1 aliphatic heterocycles. The van der Waals surface area contributed by atoms with Crippen molar-refractivity contribution in [2.45, 2.75) is 0 Å². The highest BCUT2D eigenvalue weighted by Gasteiger charge is 2.29. The first kappa shape index (κ1) is 17.2. The Balaban J connectivity index is 1.62. The van der Waals surface area contributed by atoms with Crippen molar-refractivity contribution < 1.29 is 23.9 Å². The van der Waals surface area contributed by atoms with Gasteiger partial charge < -0.3 is 10.1 Å². The third-order valence-electron chi connectivity index (χ3n) is 2.80. The van der Waals surface area contributed by atoms with Gasteiger partial charge in [-0.2, -0.15) is 11.3 Å². The summed E-state index contributed by atoms with van der Waals surface area (Å²) < 4.78 is 4.78. The van der Waals surface area contributed by atoms with Crippen LogP contribution in [0.1, 0.15) is 5.56 Å². The summed E-state index contributed by atoms with van der Waals surface area (Å²) in [7, 11) is 0. The molecule has 9 heteroatoms. The van der Waals surface area contributed by atoms with Crippen molar-refractivity contribution >= 4 is 52.2 Å². The first-order valence-electron chi connectivity index (χ1n) is 6.67. The number of ether oxygens (including phenoxy) is 1. The first-order valence-corrected chi connectivity index (χ1v) is 8.60. The maximum Gasteiger partial charge on any atom is 0.331 e. The number of nitrogens with one attached hydrogen (secondary N) is 1. The second-order valence-electron chi connectivity index (χ2n) is 4.45. The van der Waals surface area contributed by atoms with Crippen molar-refractivity contribution in [2.24, 2.45) is 0 Å². The molecule has 0 unspecified atom stereocenters. The Hall–Kier alpha value is -2.13. The zero-order valence-corrected chi connectivity index (χ0v) is 13.7. The summed E-state index contributed by atoms with van der Waals surface area (Å²) in [5, 5.41) is 5.92. The molecule has 0 saturated carbocycles. The van der Waals surface area contributed by atoms with Gasteiger partial charge in [0.15, 0.2) is 6.61 Å². The maximum absolute atomic E-state index is 11.5. The zero-order valence-electron chi connectivity index (χ0n) is 12.0. The van der Waals surface area contributed by atoms with E-state index in [-0.39, 0.29) is 30.0 Å². The van der Waals surface area contributed by atoms with Crippen LogP contribution < -0.4 is 5.32 Å². The molecule has 0 radical (unpaired) electrons. The molecule has 1 saturated heterocycles. The third kappa shape index (κ3) is 5.53. The van der Waals surface area contributed by atoms with E-state index in [1.165, 1.54) is 17.4 Å². The molecule has 0 aromatic carbocycles. The molecule has 2 rings (SSSR count). The summed E-state index contributed by atoms with van der Waals surface area (Å²) in [4.78, 5) is 46.7. The van der Waals surface area contributed by atoms with Crippen LogP contribution in [0.15, 0.2) is 22.9 Å². The Morgan fingerprint density at radius 1 is 1.39 bits per heavy atom. The minimum absolute atomic E-state index is 0.114. The van der Waals surface area contributed by atoms with E-state index in [1.807, 2.05) is 16.8 Å². The Kier molecular flexibility index (Phi) is 6.36. The number of rotatable bonds is 7. The van der Waals surface area contributed by atoms with E-state index >= 15 is 0 Å². The number of hydrogen-bond acceptors (Lipinski definition) is 7. The molecule has 23 heavy (non-hydrogen) atoms. The van der Waals surface area contributed by atoms with Crippen LogP contribution in [0.3, 0.4) is 0 Å². The van der Waals surface area contributed by atoms with Gasteiger partial charge in [0.1, 0.15) is 0 Å². The average Bonchev–Trinajstić information content (AvgIpc) is 3.15. The summed E-state index contributed by atoms with van der Waals surface area (Å²) in [6.07, 6.45) is 2.84. The van der Waals surface area contributed by atoms with Gasteiger partial charge in [-0.1, -0.05) is 11.8 Å². The van der Waals surface area contributed by atoms with Crippen LogP contribution in [0.5, 0.6) is 0 Å². The van der Waals surface area contributed by atoms with Crippen LogP contribution in [0.2, 0.25) is 0 Å². The average molecular weight is 354 g/mol. The van der Waals surface area contributed by atoms with Crippen LogP contribution in [0.4, 0.5) is 4.79 Å². The summed E-state index contributed by atoms with van der Waals surface area (Å²) >= 11 is 2.45. The number of imide groups is 1. The van der Waals surface area contributed by atoms with Gasteiger partial charge >= 0.3 is 5.97 Å². The van der Waals surface area contributed by atoms with E-state index in [4.69, 9.17) is 4.74 Å². The van der Waals surface area contributed by atoms with Gasteiger partial charge in [0, 0.05) is 19.2 Å². The zero-order chi connectivity index (χ0) is 16.7. The van der Waals surface area contributed by atoms with Gasteiger partial charge in [0.2, 0.25) is 5.91 Å². The predicted octanol–water partition coefficient (Wildman–Crippen LogP) is 1.12. The molecule has 3 amide bonds. The Bertz CT molecular complexity index is 611. The smallest absolute Gasteiger partial charge is 0.331 e. The van der Waals surface area contributed by atoms with Crippen LogP contribution in [-0.2, 0) is 19.1 Å². The molecule has 122 valence electrons. The lowest BCUT2D eigenvalue weighted by molar-refractivity contribution is -0.143. The fourth-order valence-corrected chi connectivity index (χ4v) is 3.05. The molecule has 1 N–H and O–H groups in total. The molecule has 1 aliphatic rings. The predicted molar refractivity (Wildman–Crippen MR) is 86.9 cm³/mol. The highest BCUT2D eigenvalue weighted by Crippen LogP contribution is 2.17. The molecule has 0 bridgehead atoms. The van der Waals surface area contributed by atoms with E-state index in [0.717, 1.165) is 22.2 Å². The monoisotopic (exact) mass is 354 g/mol. The minimum atomic E-state index is -0.618. The highest BCUT2D eigenvalue weighted by atomic mass is 32.2. The lowest BCUT2D eigenvalue weighted by Crippen LogP contribution is -2.38. The van der Waals surface area contributed by atoms with Crippen molar-refractivity contribution in [1.29, 1.82) is 0 Å². The van der Waals surface area contributed by atoms with Crippen LogP contribution in [0, 0.1) is 0 Å². The number of hydrogen-bond donors (Lipinski definition) is 1. The van der Waals surface area contributed by atoms with Crippen LogP contribution in [0.25, 0.3) is 6.08 Å². The van der Waals surface area contributed by atoms with Gasteiger partial charge in [-0.05, 0) is 28.5 Å². The van der Waals surface area contributed by atoms with Crippen molar-refractivity contribution in [1.82, 2.24) is 10.2 Å². The molecular weight excluding hydrogens is 340 g/mol. The normalized spacial score (nSPS) is 14.5. The number of carbonyl (C=O) groups excluding carboxylic acids is 4.